The standard InChI is InChI=1S/C26H37N3O4/c1-9-29-23(14-19(4)28-29)24(32-17-33-25(30)31-16-18(2)3)22(15-27-8)20-10-12-21(13-11-20)26(5,6)7/h10-15,18H,9,16-17H2,1-8H3/b24-22-,27-15?. The lowest BCUT2D eigenvalue weighted by Gasteiger charge is -2.20. The van der Waals surface area contributed by atoms with Gasteiger partial charge in [-0.15, -0.1) is 0 Å². The molecule has 0 atom stereocenters. The van der Waals surface area contributed by atoms with Crippen molar-refractivity contribution in [1.82, 2.24) is 9.78 Å². The highest BCUT2D eigenvalue weighted by Crippen LogP contribution is 2.29. The van der Waals surface area contributed by atoms with E-state index in [1.165, 1.54) is 5.56 Å². The molecule has 0 bridgehead atoms. The number of nitrogens with zero attached hydrogens (tertiary/aromatic N) is 3. The normalized spacial score (nSPS) is 12.8. The predicted octanol–water partition coefficient (Wildman–Crippen LogP) is 5.86. The molecule has 1 aromatic carbocycles. The van der Waals surface area contributed by atoms with E-state index in [0.717, 1.165) is 22.5 Å². The summed E-state index contributed by atoms with van der Waals surface area (Å²) < 4.78 is 18.1. The van der Waals surface area contributed by atoms with E-state index in [1.54, 1.807) is 13.3 Å². The zero-order valence-electron chi connectivity index (χ0n) is 21.1. The van der Waals surface area contributed by atoms with Crippen molar-refractivity contribution in [1.29, 1.82) is 0 Å². The van der Waals surface area contributed by atoms with Crippen molar-refractivity contribution in [3.05, 3.63) is 52.8 Å². The summed E-state index contributed by atoms with van der Waals surface area (Å²) in [4.78, 5) is 16.2. The second-order valence-electron chi connectivity index (χ2n) is 9.31. The lowest BCUT2D eigenvalue weighted by atomic mass is 9.86. The van der Waals surface area contributed by atoms with E-state index >= 15 is 0 Å². The Labute approximate surface area is 197 Å². The number of hydrogen-bond donors (Lipinski definition) is 0. The Hall–Kier alpha value is -3.09. The van der Waals surface area contributed by atoms with Crippen LogP contribution in [0.3, 0.4) is 0 Å². The van der Waals surface area contributed by atoms with Gasteiger partial charge in [-0.25, -0.2) is 4.79 Å². The summed E-state index contributed by atoms with van der Waals surface area (Å²) in [6.45, 7) is 15.1. The largest absolute Gasteiger partial charge is 0.511 e. The molecule has 0 saturated carbocycles. The van der Waals surface area contributed by atoms with Gasteiger partial charge in [-0.3, -0.25) is 9.67 Å². The summed E-state index contributed by atoms with van der Waals surface area (Å²) in [5.41, 5.74) is 4.62. The maximum Gasteiger partial charge on any atom is 0.511 e. The van der Waals surface area contributed by atoms with E-state index in [9.17, 15) is 4.79 Å². The van der Waals surface area contributed by atoms with E-state index in [0.29, 0.717) is 12.3 Å². The van der Waals surface area contributed by atoms with Crippen molar-refractivity contribution in [3.8, 4) is 0 Å². The molecule has 1 aromatic heterocycles. The molecule has 33 heavy (non-hydrogen) atoms. The topological polar surface area (TPSA) is 74.9 Å². The van der Waals surface area contributed by atoms with Gasteiger partial charge in [0.15, 0.2) is 5.76 Å². The number of allylic oxidation sites excluding steroid dienone is 1. The Kier molecular flexibility index (Phi) is 9.26. The zero-order chi connectivity index (χ0) is 24.6. The highest BCUT2D eigenvalue weighted by atomic mass is 16.8. The van der Waals surface area contributed by atoms with Crippen molar-refractivity contribution in [3.63, 3.8) is 0 Å². The molecule has 0 unspecified atom stereocenters. The molecule has 2 aromatic rings. The number of hydrogen-bond acceptors (Lipinski definition) is 6. The van der Waals surface area contributed by atoms with Crippen molar-refractivity contribution in [2.24, 2.45) is 10.9 Å². The lowest BCUT2D eigenvalue weighted by molar-refractivity contribution is -0.00945. The fraction of sp³-hybridized carbons (Fsp3) is 0.500. The molecule has 1 heterocycles. The summed E-state index contributed by atoms with van der Waals surface area (Å²) in [5, 5.41) is 4.55. The highest BCUT2D eigenvalue weighted by molar-refractivity contribution is 6.18. The first kappa shape index (κ1) is 26.2. The Bertz CT molecular complexity index is 980. The molecule has 0 aliphatic carbocycles. The van der Waals surface area contributed by atoms with Crippen LogP contribution in [0.5, 0.6) is 0 Å². The van der Waals surface area contributed by atoms with Crippen LogP contribution in [0, 0.1) is 12.8 Å². The molecular formula is C26H37N3O4. The number of carbonyl (C=O) groups is 1. The van der Waals surface area contributed by atoms with Crippen LogP contribution < -0.4 is 0 Å². The summed E-state index contributed by atoms with van der Waals surface area (Å²) in [6, 6.07) is 10.3. The van der Waals surface area contributed by atoms with Gasteiger partial charge in [0.25, 0.3) is 0 Å². The molecule has 0 aliphatic heterocycles. The third-order valence-electron chi connectivity index (χ3n) is 4.91. The maximum absolute atomic E-state index is 11.9. The Balaban J connectivity index is 2.46. The Morgan fingerprint density at radius 2 is 1.82 bits per heavy atom. The summed E-state index contributed by atoms with van der Waals surface area (Å²) in [7, 11) is 1.71. The number of aromatic nitrogens is 2. The van der Waals surface area contributed by atoms with Crippen LogP contribution >= 0.6 is 0 Å². The molecule has 7 heteroatoms. The predicted molar refractivity (Wildman–Crippen MR) is 132 cm³/mol. The summed E-state index contributed by atoms with van der Waals surface area (Å²) >= 11 is 0. The van der Waals surface area contributed by atoms with Gasteiger partial charge in [0.05, 0.1) is 12.3 Å². The molecule has 0 aliphatic rings. The van der Waals surface area contributed by atoms with Gasteiger partial charge in [0.1, 0.15) is 5.69 Å². The van der Waals surface area contributed by atoms with Gasteiger partial charge in [0.2, 0.25) is 6.79 Å². The number of rotatable bonds is 9. The first-order valence-electron chi connectivity index (χ1n) is 11.3. The third-order valence-corrected chi connectivity index (χ3v) is 4.91. The fourth-order valence-electron chi connectivity index (χ4n) is 3.22. The number of aryl methyl sites for hydroxylation is 2. The molecule has 0 amide bonds. The minimum Gasteiger partial charge on any atom is -0.454 e. The number of benzene rings is 1. The van der Waals surface area contributed by atoms with Crippen LogP contribution in [0.15, 0.2) is 35.3 Å². The van der Waals surface area contributed by atoms with Crippen molar-refractivity contribution in [2.75, 3.05) is 20.4 Å². The van der Waals surface area contributed by atoms with Gasteiger partial charge >= 0.3 is 6.16 Å². The second kappa shape index (κ2) is 11.7. The lowest BCUT2D eigenvalue weighted by Crippen LogP contribution is -2.15. The van der Waals surface area contributed by atoms with E-state index in [2.05, 4.69) is 55.1 Å². The zero-order valence-corrected chi connectivity index (χ0v) is 21.1. The number of aliphatic imine (C=N–C) groups is 1. The quantitative estimate of drug-likeness (QED) is 0.205. The van der Waals surface area contributed by atoms with Crippen LogP contribution in [-0.4, -0.2) is 42.6 Å². The number of ether oxygens (including phenoxy) is 3. The molecule has 0 N–H and O–H groups in total. The molecule has 0 saturated heterocycles. The van der Waals surface area contributed by atoms with Gasteiger partial charge in [-0.1, -0.05) is 58.9 Å². The Morgan fingerprint density at radius 1 is 1.15 bits per heavy atom. The average molecular weight is 456 g/mol. The minimum atomic E-state index is -0.761. The summed E-state index contributed by atoms with van der Waals surface area (Å²) in [5.74, 6) is 0.752. The molecule has 180 valence electrons. The average Bonchev–Trinajstić information content (AvgIpc) is 3.14. The van der Waals surface area contributed by atoms with Gasteiger partial charge in [-0.05, 0) is 42.4 Å². The number of carbonyl (C=O) groups excluding carboxylic acids is 1. The van der Waals surface area contributed by atoms with Gasteiger partial charge < -0.3 is 14.2 Å². The maximum atomic E-state index is 11.9. The molecule has 0 radical (unpaired) electrons. The molecular weight excluding hydrogens is 418 g/mol. The van der Waals surface area contributed by atoms with Crippen LogP contribution in [0.4, 0.5) is 4.79 Å². The molecule has 7 nitrogen and oxygen atoms in total. The molecule has 2 rings (SSSR count). The van der Waals surface area contributed by atoms with E-state index in [4.69, 9.17) is 14.2 Å². The smallest absolute Gasteiger partial charge is 0.454 e. The first-order chi connectivity index (χ1) is 15.6. The molecule has 0 spiro atoms. The van der Waals surface area contributed by atoms with Crippen LogP contribution in [0.1, 0.15) is 64.1 Å². The van der Waals surface area contributed by atoms with Crippen LogP contribution in [-0.2, 0) is 26.2 Å². The van der Waals surface area contributed by atoms with E-state index in [-0.39, 0.29) is 24.7 Å². The van der Waals surface area contributed by atoms with Gasteiger partial charge in [0, 0.05) is 25.4 Å². The van der Waals surface area contributed by atoms with E-state index < -0.39 is 6.16 Å². The monoisotopic (exact) mass is 455 g/mol. The Morgan fingerprint density at radius 3 is 2.36 bits per heavy atom. The summed E-state index contributed by atoms with van der Waals surface area (Å²) in [6.07, 6.45) is 0.990. The second-order valence-corrected chi connectivity index (χ2v) is 9.31. The minimum absolute atomic E-state index is 0.0444. The van der Waals surface area contributed by atoms with Crippen molar-refractivity contribution >= 4 is 23.7 Å². The van der Waals surface area contributed by atoms with Crippen LogP contribution in [0.25, 0.3) is 11.3 Å². The van der Waals surface area contributed by atoms with Gasteiger partial charge in [-0.2, -0.15) is 5.10 Å². The fourth-order valence-corrected chi connectivity index (χ4v) is 3.22. The third kappa shape index (κ3) is 7.48. The van der Waals surface area contributed by atoms with Crippen LogP contribution in [0.2, 0.25) is 0 Å². The van der Waals surface area contributed by atoms with E-state index in [1.807, 2.05) is 38.4 Å². The van der Waals surface area contributed by atoms with Crippen molar-refractivity contribution in [2.45, 2.75) is 60.4 Å². The SMILES string of the molecule is CCn1nc(C)cc1/C(OCOC(=O)OCC(C)C)=C(\C=NC)c1ccc(C(C)(C)C)cc1. The molecule has 0 fully saturated rings. The van der Waals surface area contributed by atoms with Crippen molar-refractivity contribution < 1.29 is 19.0 Å². The highest BCUT2D eigenvalue weighted by Gasteiger charge is 2.20. The first-order valence-corrected chi connectivity index (χ1v) is 11.3.